The molecule has 0 aromatic heterocycles. The van der Waals surface area contributed by atoms with E-state index in [2.05, 4.69) is 12.2 Å². The number of hydrogen-bond donors (Lipinski definition) is 2. The zero-order valence-electron chi connectivity index (χ0n) is 7.19. The highest BCUT2D eigenvalue weighted by Gasteiger charge is 2.09. The third kappa shape index (κ3) is 4.77. The van der Waals surface area contributed by atoms with E-state index in [0.29, 0.717) is 0 Å². The molecule has 0 aromatic carbocycles. The van der Waals surface area contributed by atoms with Crippen molar-refractivity contribution in [2.24, 2.45) is 0 Å². The molecule has 1 saturated heterocycles. The maximum atomic E-state index is 6.25. The number of nitrogens with zero attached hydrogens (tertiary/aromatic N) is 1. The molecule has 0 bridgehead atoms. The molecule has 0 saturated carbocycles. The second-order valence-corrected chi connectivity index (χ2v) is 2.75. The van der Waals surface area contributed by atoms with Gasteiger partial charge in [-0.15, -0.1) is 0 Å². The molecule has 0 aromatic rings. The fourth-order valence-corrected chi connectivity index (χ4v) is 1.38. The van der Waals surface area contributed by atoms with Gasteiger partial charge in [0.25, 0.3) is 0 Å². The topological polar surface area (TPSA) is 40.3 Å². The van der Waals surface area contributed by atoms with Crippen LogP contribution in [0.3, 0.4) is 0 Å². The Kier molecular flexibility index (Phi) is 7.11. The minimum atomic E-state index is 1.22. The summed E-state index contributed by atoms with van der Waals surface area (Å²) in [6.45, 7) is 13.5. The van der Waals surface area contributed by atoms with Crippen LogP contribution in [-0.2, 0) is 0 Å². The average Bonchev–Trinajstić information content (AvgIpc) is 2.11. The summed E-state index contributed by atoms with van der Waals surface area (Å²) in [5, 5.41) is 9.60. The smallest absolute Gasteiger partial charge is 0.0898 e. The number of nitrogens with one attached hydrogen (secondary N) is 2. The van der Waals surface area contributed by atoms with E-state index < -0.39 is 0 Å². The number of quaternary nitrogens is 1. The van der Waals surface area contributed by atoms with Crippen LogP contribution in [0.1, 0.15) is 13.3 Å². The molecule has 0 aliphatic carbocycles. The van der Waals surface area contributed by atoms with Crippen LogP contribution in [0.15, 0.2) is 0 Å². The lowest BCUT2D eigenvalue weighted by Gasteiger charge is -2.23. The first-order valence-corrected chi connectivity index (χ1v) is 4.20. The van der Waals surface area contributed by atoms with Crippen LogP contribution in [0.5, 0.6) is 0 Å². The largest absolute Gasteiger partial charge is 0.512 e. The second kappa shape index (κ2) is 7.52. The molecule has 3 heteroatoms. The number of rotatable bonds is 2. The highest BCUT2D eigenvalue weighted by atomic mass is 15.2. The number of hydrogen-bond acceptors (Lipinski definition) is 2. The van der Waals surface area contributed by atoms with E-state index in [9.17, 15) is 0 Å². The molecule has 1 heterocycles. The summed E-state index contributed by atoms with van der Waals surface area (Å²) in [4.78, 5) is 1.77. The summed E-state index contributed by atoms with van der Waals surface area (Å²) < 4.78 is 0. The highest BCUT2D eigenvalue weighted by molar-refractivity contribution is 4.49. The van der Waals surface area contributed by atoms with Gasteiger partial charge in [-0.05, 0) is 6.42 Å². The first-order valence-electron chi connectivity index (χ1n) is 4.20. The predicted octanol–water partition coefficient (Wildman–Crippen LogP) is -1.02. The molecule has 3 nitrogen and oxygen atoms in total. The normalized spacial score (nSPS) is 18.5. The molecule has 0 spiro atoms. The standard InChI is InChI=1S/C7H16N2.CN/c1-2-5-9-6-3-8-4-7-9;1-2/h8H,2-7H2,1H3;/q;-1/p+1. The fraction of sp³-hybridized carbons (Fsp3) is 0.875. The molecule has 0 unspecified atom stereocenters. The third-order valence-corrected chi connectivity index (χ3v) is 1.91. The van der Waals surface area contributed by atoms with Crippen LogP contribution in [0, 0.1) is 11.8 Å². The Labute approximate surface area is 69.0 Å². The van der Waals surface area contributed by atoms with Crippen molar-refractivity contribution in [1.82, 2.24) is 5.32 Å². The van der Waals surface area contributed by atoms with Crippen LogP contribution in [0.25, 0.3) is 0 Å². The summed E-state index contributed by atoms with van der Waals surface area (Å²) in [5.74, 6) is 0. The van der Waals surface area contributed by atoms with Crippen molar-refractivity contribution in [2.75, 3.05) is 32.7 Å². The van der Waals surface area contributed by atoms with E-state index in [-0.39, 0.29) is 0 Å². The first-order chi connectivity index (χ1) is 5.43. The van der Waals surface area contributed by atoms with Crippen LogP contribution >= 0.6 is 0 Å². The molecule has 64 valence electrons. The SMILES string of the molecule is CCC[NH+]1CCNCC1.[C-]#N. The van der Waals surface area contributed by atoms with Gasteiger partial charge in [0.2, 0.25) is 0 Å². The molecule has 1 rings (SSSR count). The van der Waals surface area contributed by atoms with Crippen molar-refractivity contribution in [2.45, 2.75) is 13.3 Å². The van der Waals surface area contributed by atoms with Gasteiger partial charge < -0.3 is 22.1 Å². The van der Waals surface area contributed by atoms with Crippen molar-refractivity contribution in [3.8, 4) is 0 Å². The summed E-state index contributed by atoms with van der Waals surface area (Å²) in [6.07, 6.45) is 1.33. The number of piperazine rings is 1. The van der Waals surface area contributed by atoms with Crippen molar-refractivity contribution >= 4 is 0 Å². The zero-order valence-corrected chi connectivity index (χ0v) is 7.19. The van der Waals surface area contributed by atoms with Crippen molar-refractivity contribution in [3.05, 3.63) is 6.57 Å². The van der Waals surface area contributed by atoms with Gasteiger partial charge in [0.1, 0.15) is 0 Å². The summed E-state index contributed by atoms with van der Waals surface area (Å²) in [5.41, 5.74) is 0. The Balaban J connectivity index is 0.000000461. The molecule has 0 radical (unpaired) electrons. The first kappa shape index (κ1) is 10.4. The van der Waals surface area contributed by atoms with E-state index in [0.717, 1.165) is 0 Å². The van der Waals surface area contributed by atoms with Crippen molar-refractivity contribution in [3.63, 3.8) is 0 Å². The van der Waals surface area contributed by atoms with Gasteiger partial charge in [0.15, 0.2) is 0 Å². The van der Waals surface area contributed by atoms with Gasteiger partial charge in [-0.2, -0.15) is 0 Å². The molecule has 1 aliphatic rings. The molecular weight excluding hydrogens is 138 g/mol. The molecule has 2 N–H and O–H groups in total. The summed E-state index contributed by atoms with van der Waals surface area (Å²) in [6, 6.07) is 0. The van der Waals surface area contributed by atoms with Crippen LogP contribution in [0.4, 0.5) is 0 Å². The van der Waals surface area contributed by atoms with Crippen molar-refractivity contribution < 1.29 is 4.90 Å². The second-order valence-electron chi connectivity index (χ2n) is 2.75. The fourth-order valence-electron chi connectivity index (χ4n) is 1.38. The van der Waals surface area contributed by atoms with Gasteiger partial charge in [0, 0.05) is 13.1 Å². The molecular formula is C8H17N3. The van der Waals surface area contributed by atoms with E-state index in [1.54, 1.807) is 4.90 Å². The predicted molar refractivity (Wildman–Crippen MR) is 43.7 cm³/mol. The Morgan fingerprint density at radius 1 is 1.36 bits per heavy atom. The Morgan fingerprint density at radius 3 is 2.36 bits per heavy atom. The van der Waals surface area contributed by atoms with E-state index in [1.807, 2.05) is 0 Å². The minimum absolute atomic E-state index is 1.22. The molecule has 0 atom stereocenters. The average molecular weight is 155 g/mol. The zero-order chi connectivity index (χ0) is 8.53. The van der Waals surface area contributed by atoms with Crippen molar-refractivity contribution in [1.29, 1.82) is 5.26 Å². The van der Waals surface area contributed by atoms with Crippen LogP contribution in [0.2, 0.25) is 0 Å². The van der Waals surface area contributed by atoms with Crippen LogP contribution < -0.4 is 10.2 Å². The van der Waals surface area contributed by atoms with Gasteiger partial charge in [0.05, 0.1) is 19.6 Å². The highest BCUT2D eigenvalue weighted by Crippen LogP contribution is 1.67. The molecule has 11 heavy (non-hydrogen) atoms. The maximum absolute atomic E-state index is 6.25. The van der Waals surface area contributed by atoms with Gasteiger partial charge in [-0.25, -0.2) is 0 Å². The molecule has 0 amide bonds. The molecule has 1 aliphatic heterocycles. The van der Waals surface area contributed by atoms with E-state index in [1.165, 1.54) is 39.1 Å². The Morgan fingerprint density at radius 2 is 1.91 bits per heavy atom. The lowest BCUT2D eigenvalue weighted by Crippen LogP contribution is -3.14. The Hall–Kier alpha value is -0.590. The van der Waals surface area contributed by atoms with E-state index in [4.69, 9.17) is 11.8 Å². The summed E-state index contributed by atoms with van der Waals surface area (Å²) in [7, 11) is 0. The monoisotopic (exact) mass is 155 g/mol. The summed E-state index contributed by atoms with van der Waals surface area (Å²) >= 11 is 0. The minimum Gasteiger partial charge on any atom is -0.512 e. The Bertz CT molecular complexity index is 92.0. The lowest BCUT2D eigenvalue weighted by atomic mass is 10.3. The van der Waals surface area contributed by atoms with Gasteiger partial charge in [-0.3, -0.25) is 0 Å². The van der Waals surface area contributed by atoms with Crippen LogP contribution in [-0.4, -0.2) is 32.7 Å². The lowest BCUT2D eigenvalue weighted by molar-refractivity contribution is -0.901. The molecule has 1 fully saturated rings. The van der Waals surface area contributed by atoms with Gasteiger partial charge >= 0.3 is 0 Å². The quantitative estimate of drug-likeness (QED) is 0.501. The van der Waals surface area contributed by atoms with E-state index >= 15 is 0 Å². The third-order valence-electron chi connectivity index (χ3n) is 1.91. The maximum Gasteiger partial charge on any atom is 0.0898 e. The van der Waals surface area contributed by atoms with Gasteiger partial charge in [-0.1, -0.05) is 6.92 Å².